The number of carboxylic acids is 1. The molecule has 1 saturated carbocycles. The summed E-state index contributed by atoms with van der Waals surface area (Å²) in [7, 11) is 0.117. The summed E-state index contributed by atoms with van der Waals surface area (Å²) < 4.78 is 19.4. The number of methoxy groups -OCH3 is 1. The highest BCUT2D eigenvalue weighted by molar-refractivity contribution is 7.85. The second kappa shape index (κ2) is 15.9. The number of fused-ring (bicyclic) bond motifs is 1. The third-order valence-corrected chi connectivity index (χ3v) is 9.80. The fourth-order valence-electron chi connectivity index (χ4n) is 5.62. The van der Waals surface area contributed by atoms with Gasteiger partial charge in [-0.25, -0.2) is 9.59 Å². The van der Waals surface area contributed by atoms with E-state index in [1.165, 1.54) is 11.7 Å². The lowest BCUT2D eigenvalue weighted by molar-refractivity contribution is -0.142. The summed E-state index contributed by atoms with van der Waals surface area (Å²) in [6, 6.07) is 4.94. The van der Waals surface area contributed by atoms with Gasteiger partial charge in [-0.2, -0.15) is 0 Å². The summed E-state index contributed by atoms with van der Waals surface area (Å²) in [6.45, 7) is 5.93. The maximum absolute atomic E-state index is 13.7. The highest BCUT2D eigenvalue weighted by atomic mass is 32.2. The van der Waals surface area contributed by atoms with Gasteiger partial charge in [0, 0.05) is 45.7 Å². The van der Waals surface area contributed by atoms with Gasteiger partial charge in [-0.3, -0.25) is 18.4 Å². The summed E-state index contributed by atoms with van der Waals surface area (Å²) in [5, 5.41) is 16.0. The number of benzene rings is 1. The molecule has 4 atom stereocenters. The molecule has 42 heavy (non-hydrogen) atoms. The summed E-state index contributed by atoms with van der Waals surface area (Å²) in [6.07, 6.45) is 7.02. The van der Waals surface area contributed by atoms with Gasteiger partial charge in [-0.15, -0.1) is 0 Å². The van der Waals surface area contributed by atoms with Crippen molar-refractivity contribution in [3.8, 4) is 0 Å². The minimum atomic E-state index is -1.16. The lowest BCUT2D eigenvalue weighted by atomic mass is 9.96. The lowest BCUT2D eigenvalue weighted by Gasteiger charge is -2.25. The largest absolute Gasteiger partial charge is 0.480 e. The average Bonchev–Trinajstić information content (AvgIpc) is 3.62. The Morgan fingerprint density at radius 3 is 2.36 bits per heavy atom. The zero-order valence-electron chi connectivity index (χ0n) is 25.1. The van der Waals surface area contributed by atoms with Crippen LogP contribution in [-0.2, 0) is 36.3 Å². The molecule has 0 bridgehead atoms. The monoisotopic (exact) mass is 603 g/mol. The molecule has 2 amide bonds. The number of unbranched alkanes of at least 4 members (excludes halogenated alkanes) is 1. The van der Waals surface area contributed by atoms with Gasteiger partial charge in [0.1, 0.15) is 12.1 Å². The van der Waals surface area contributed by atoms with E-state index in [9.17, 15) is 28.5 Å². The zero-order chi connectivity index (χ0) is 30.8. The average molecular weight is 604 g/mol. The lowest BCUT2D eigenvalue weighted by Crippen LogP contribution is -2.54. The molecule has 1 aromatic carbocycles. The van der Waals surface area contributed by atoms with Crippen molar-refractivity contribution in [3.63, 3.8) is 0 Å². The maximum atomic E-state index is 13.7. The van der Waals surface area contributed by atoms with E-state index >= 15 is 0 Å². The SMILES string of the molecule is CCCCC(NC(=O)C(Cc1cn(C(=O)OC)c2ccccc12)NC(=O)C(CC(C)C)CS(=O)C1CCCC1)C(=O)O. The van der Waals surface area contributed by atoms with Crippen LogP contribution in [0.1, 0.15) is 77.7 Å². The third-order valence-electron chi connectivity index (χ3n) is 7.85. The van der Waals surface area contributed by atoms with Crippen molar-refractivity contribution in [1.29, 1.82) is 0 Å². The summed E-state index contributed by atoms with van der Waals surface area (Å²) >= 11 is 0. The van der Waals surface area contributed by atoms with Gasteiger partial charge in [0.15, 0.2) is 0 Å². The van der Waals surface area contributed by atoms with E-state index < -0.39 is 46.8 Å². The molecule has 1 aliphatic carbocycles. The van der Waals surface area contributed by atoms with E-state index in [0.717, 1.165) is 32.1 Å². The Labute approximate surface area is 250 Å². The molecule has 3 N–H and O–H groups in total. The Morgan fingerprint density at radius 2 is 1.74 bits per heavy atom. The first-order valence-corrected chi connectivity index (χ1v) is 16.3. The molecule has 0 radical (unpaired) electrons. The predicted octanol–water partition coefficient (Wildman–Crippen LogP) is 4.40. The van der Waals surface area contributed by atoms with E-state index in [2.05, 4.69) is 10.6 Å². The molecule has 1 fully saturated rings. The van der Waals surface area contributed by atoms with Crippen LogP contribution < -0.4 is 10.6 Å². The van der Waals surface area contributed by atoms with Gasteiger partial charge in [-0.05, 0) is 43.2 Å². The summed E-state index contributed by atoms with van der Waals surface area (Å²) in [5.41, 5.74) is 1.20. The van der Waals surface area contributed by atoms with Crippen LogP contribution in [0.2, 0.25) is 0 Å². The van der Waals surface area contributed by atoms with E-state index in [0.29, 0.717) is 29.3 Å². The molecular weight excluding hydrogens is 558 g/mol. The molecule has 1 heterocycles. The second-order valence-corrected chi connectivity index (χ2v) is 13.4. The van der Waals surface area contributed by atoms with Crippen molar-refractivity contribution in [3.05, 3.63) is 36.0 Å². The quantitative estimate of drug-likeness (QED) is 0.274. The van der Waals surface area contributed by atoms with Crippen molar-refractivity contribution < 1.29 is 33.2 Å². The number of carbonyl (C=O) groups excluding carboxylic acids is 3. The molecule has 11 heteroatoms. The zero-order valence-corrected chi connectivity index (χ0v) is 25.9. The van der Waals surface area contributed by atoms with Crippen molar-refractivity contribution in [1.82, 2.24) is 15.2 Å². The van der Waals surface area contributed by atoms with Gasteiger partial charge in [0.05, 0.1) is 12.6 Å². The fourth-order valence-corrected chi connectivity index (χ4v) is 7.44. The molecule has 3 rings (SSSR count). The highest BCUT2D eigenvalue weighted by Gasteiger charge is 2.32. The number of rotatable bonds is 15. The van der Waals surface area contributed by atoms with Crippen LogP contribution in [0, 0.1) is 11.8 Å². The second-order valence-electron chi connectivity index (χ2n) is 11.6. The molecule has 2 aromatic rings. The van der Waals surface area contributed by atoms with Crippen molar-refractivity contribution >= 4 is 45.6 Å². The Morgan fingerprint density at radius 1 is 1.07 bits per heavy atom. The van der Waals surface area contributed by atoms with Crippen LogP contribution in [-0.4, -0.2) is 68.0 Å². The third kappa shape index (κ3) is 8.89. The number of carbonyl (C=O) groups is 4. The number of nitrogens with one attached hydrogen (secondary N) is 2. The molecular formula is C31H45N3O7S. The number of nitrogens with zero attached hydrogens (tertiary/aromatic N) is 1. The van der Waals surface area contributed by atoms with Gasteiger partial charge < -0.3 is 20.5 Å². The molecule has 4 unspecified atom stereocenters. The number of aromatic nitrogens is 1. The number of ether oxygens (including phenoxy) is 1. The molecule has 0 saturated heterocycles. The Bertz CT molecular complexity index is 1270. The molecule has 0 spiro atoms. The van der Waals surface area contributed by atoms with Crippen molar-refractivity contribution in [2.75, 3.05) is 12.9 Å². The Balaban J connectivity index is 1.92. The number of aliphatic carboxylic acids is 1. The normalized spacial score (nSPS) is 16.6. The number of carboxylic acid groups (broad SMARTS) is 1. The van der Waals surface area contributed by atoms with Crippen LogP contribution in [0.5, 0.6) is 0 Å². The van der Waals surface area contributed by atoms with Gasteiger partial charge >= 0.3 is 12.1 Å². The van der Waals surface area contributed by atoms with E-state index in [1.807, 2.05) is 32.9 Å². The minimum absolute atomic E-state index is 0.0162. The first kappa shape index (κ1) is 33.3. The number of hydrogen-bond acceptors (Lipinski definition) is 6. The first-order chi connectivity index (χ1) is 20.0. The van der Waals surface area contributed by atoms with Gasteiger partial charge in [0.25, 0.3) is 0 Å². The molecule has 1 aromatic heterocycles. The maximum Gasteiger partial charge on any atom is 0.418 e. The van der Waals surface area contributed by atoms with E-state index in [4.69, 9.17) is 4.74 Å². The van der Waals surface area contributed by atoms with Gasteiger partial charge in [-0.1, -0.05) is 64.7 Å². The fraction of sp³-hybridized carbons (Fsp3) is 0.613. The molecule has 1 aliphatic rings. The number of para-hydroxylation sites is 1. The first-order valence-electron chi connectivity index (χ1n) is 14.9. The smallest absolute Gasteiger partial charge is 0.418 e. The Kier molecular flexibility index (Phi) is 12.6. The Hall–Kier alpha value is -3.21. The van der Waals surface area contributed by atoms with Crippen LogP contribution in [0.3, 0.4) is 0 Å². The van der Waals surface area contributed by atoms with Crippen LogP contribution in [0.25, 0.3) is 10.9 Å². The highest BCUT2D eigenvalue weighted by Crippen LogP contribution is 2.26. The van der Waals surface area contributed by atoms with E-state index in [-0.39, 0.29) is 35.7 Å². The van der Waals surface area contributed by atoms with E-state index in [1.54, 1.807) is 18.3 Å². The minimum Gasteiger partial charge on any atom is -0.480 e. The van der Waals surface area contributed by atoms with Crippen molar-refractivity contribution in [2.45, 2.75) is 95.9 Å². The van der Waals surface area contributed by atoms with Crippen LogP contribution in [0.4, 0.5) is 4.79 Å². The number of amides is 2. The summed E-state index contributed by atoms with van der Waals surface area (Å²) in [5.74, 6) is -2.33. The molecule has 0 aliphatic heterocycles. The van der Waals surface area contributed by atoms with Crippen LogP contribution in [0.15, 0.2) is 30.5 Å². The van der Waals surface area contributed by atoms with Gasteiger partial charge in [0.2, 0.25) is 11.8 Å². The standard InChI is InChI=1S/C31H45N3O7S/c1-5-6-14-25(30(37)38)32-29(36)26(17-21-18-34(31(39)41-4)27-15-10-9-13-24(21)27)33-28(35)22(16-20(2)3)19-42(40)23-11-7-8-12-23/h9-10,13,15,18,20,22-23,25-26H,5-8,11-12,14,16-17,19H2,1-4H3,(H,32,36)(H,33,35)(H,37,38). The topological polar surface area (TPSA) is 144 Å². The van der Waals surface area contributed by atoms with Crippen molar-refractivity contribution in [2.24, 2.45) is 11.8 Å². The van der Waals surface area contributed by atoms with Crippen LogP contribution >= 0.6 is 0 Å². The summed E-state index contributed by atoms with van der Waals surface area (Å²) in [4.78, 5) is 51.7. The molecule has 10 nitrogen and oxygen atoms in total. The molecule has 232 valence electrons. The predicted molar refractivity (Wildman–Crippen MR) is 163 cm³/mol. The number of hydrogen-bond donors (Lipinski definition) is 3.